The number of anilines is 1. The van der Waals surface area contributed by atoms with Crippen LogP contribution in [0.2, 0.25) is 0 Å². The molecule has 124 valence electrons. The predicted molar refractivity (Wildman–Crippen MR) is 104 cm³/mol. The lowest BCUT2D eigenvalue weighted by atomic mass is 9.97. The van der Waals surface area contributed by atoms with Crippen molar-refractivity contribution in [2.24, 2.45) is 0 Å². The smallest absolute Gasteiger partial charge is 0.134 e. The van der Waals surface area contributed by atoms with Crippen LogP contribution in [0.15, 0.2) is 36.5 Å². The maximum Gasteiger partial charge on any atom is 0.134 e. The lowest BCUT2D eigenvalue weighted by molar-refractivity contribution is 0.864. The van der Waals surface area contributed by atoms with Crippen LogP contribution in [-0.2, 0) is 0 Å². The molecular weight excluding hydrogens is 292 g/mol. The first-order valence-corrected chi connectivity index (χ1v) is 8.57. The van der Waals surface area contributed by atoms with Gasteiger partial charge in [0.05, 0.1) is 6.04 Å². The lowest BCUT2D eigenvalue weighted by Gasteiger charge is -2.20. The highest BCUT2D eigenvalue weighted by atomic mass is 15.0. The number of nitrogens with zero attached hydrogens (tertiary/aromatic N) is 1. The molecule has 1 aromatic heterocycles. The Morgan fingerprint density at radius 3 is 2.21 bits per heavy atom. The molecule has 2 nitrogen and oxygen atoms in total. The molecule has 1 N–H and O–H groups in total. The fraction of sp³-hybridized carbons (Fsp3) is 0.318. The van der Waals surface area contributed by atoms with E-state index in [9.17, 15) is 0 Å². The van der Waals surface area contributed by atoms with E-state index in [1.54, 1.807) is 0 Å². The Morgan fingerprint density at radius 2 is 1.50 bits per heavy atom. The summed E-state index contributed by atoms with van der Waals surface area (Å²) in [4.78, 5) is 4.68. The fourth-order valence-electron chi connectivity index (χ4n) is 3.28. The minimum absolute atomic E-state index is 0.213. The van der Waals surface area contributed by atoms with E-state index in [-0.39, 0.29) is 6.04 Å². The Hall–Kier alpha value is -2.35. The van der Waals surface area contributed by atoms with Crippen LogP contribution >= 0.6 is 0 Å². The Balaban J connectivity index is 2.05. The molecule has 0 unspecified atom stereocenters. The highest BCUT2D eigenvalue weighted by molar-refractivity contribution is 5.95. The molecule has 0 spiro atoms. The predicted octanol–water partition coefficient (Wildman–Crippen LogP) is 5.95. The number of rotatable bonds is 3. The molecule has 2 aromatic carbocycles. The Bertz CT molecular complexity index is 909. The third kappa shape index (κ3) is 2.89. The molecule has 0 radical (unpaired) electrons. The molecular formula is C22H26N2. The van der Waals surface area contributed by atoms with Crippen molar-refractivity contribution in [3.63, 3.8) is 0 Å². The molecule has 0 fully saturated rings. The summed E-state index contributed by atoms with van der Waals surface area (Å²) in [6, 6.07) is 11.2. The molecule has 0 aliphatic heterocycles. The van der Waals surface area contributed by atoms with E-state index in [2.05, 4.69) is 82.2 Å². The summed E-state index contributed by atoms with van der Waals surface area (Å²) in [7, 11) is 0. The van der Waals surface area contributed by atoms with Gasteiger partial charge in [-0.3, -0.25) is 0 Å². The molecule has 1 atom stereocenters. The molecule has 3 rings (SSSR count). The first-order valence-electron chi connectivity index (χ1n) is 8.57. The van der Waals surface area contributed by atoms with E-state index in [0.29, 0.717) is 0 Å². The van der Waals surface area contributed by atoms with E-state index < -0.39 is 0 Å². The third-order valence-electron chi connectivity index (χ3n) is 5.17. The molecule has 2 heteroatoms. The monoisotopic (exact) mass is 318 g/mol. The average Bonchev–Trinajstić information content (AvgIpc) is 2.54. The van der Waals surface area contributed by atoms with Crippen LogP contribution in [-0.4, -0.2) is 4.98 Å². The van der Waals surface area contributed by atoms with Crippen LogP contribution in [0.25, 0.3) is 10.8 Å². The van der Waals surface area contributed by atoms with Crippen molar-refractivity contribution < 1.29 is 0 Å². The van der Waals surface area contributed by atoms with Crippen molar-refractivity contribution >= 4 is 16.6 Å². The van der Waals surface area contributed by atoms with Crippen LogP contribution in [0.5, 0.6) is 0 Å². The van der Waals surface area contributed by atoms with Gasteiger partial charge >= 0.3 is 0 Å². The van der Waals surface area contributed by atoms with Crippen molar-refractivity contribution in [1.82, 2.24) is 4.98 Å². The highest BCUT2D eigenvalue weighted by Crippen LogP contribution is 2.30. The molecule has 1 heterocycles. The highest BCUT2D eigenvalue weighted by Gasteiger charge is 2.13. The second-order valence-corrected chi connectivity index (χ2v) is 6.93. The zero-order valence-electron chi connectivity index (χ0n) is 15.5. The number of fused-ring (bicyclic) bond motifs is 1. The van der Waals surface area contributed by atoms with Crippen molar-refractivity contribution in [3.8, 4) is 0 Å². The zero-order valence-corrected chi connectivity index (χ0v) is 15.5. The van der Waals surface area contributed by atoms with E-state index >= 15 is 0 Å². The molecule has 0 saturated carbocycles. The van der Waals surface area contributed by atoms with Gasteiger partial charge < -0.3 is 5.32 Å². The lowest BCUT2D eigenvalue weighted by Crippen LogP contribution is -2.10. The Kier molecular flexibility index (Phi) is 4.31. The van der Waals surface area contributed by atoms with Crippen molar-refractivity contribution in [2.45, 2.75) is 47.6 Å². The van der Waals surface area contributed by atoms with Crippen LogP contribution < -0.4 is 5.32 Å². The van der Waals surface area contributed by atoms with Crippen molar-refractivity contribution in [2.75, 3.05) is 5.32 Å². The molecule has 3 aromatic rings. The number of hydrogen-bond donors (Lipinski definition) is 1. The third-order valence-corrected chi connectivity index (χ3v) is 5.17. The summed E-state index contributed by atoms with van der Waals surface area (Å²) >= 11 is 0. The number of hydrogen-bond acceptors (Lipinski definition) is 2. The van der Waals surface area contributed by atoms with Crippen LogP contribution in [0, 0.1) is 34.6 Å². The summed E-state index contributed by atoms with van der Waals surface area (Å²) in [5, 5.41) is 6.12. The minimum atomic E-state index is 0.213. The van der Waals surface area contributed by atoms with Gasteiger partial charge in [-0.2, -0.15) is 0 Å². The van der Waals surface area contributed by atoms with Gasteiger partial charge in [-0.1, -0.05) is 24.3 Å². The number of pyridine rings is 1. The minimum Gasteiger partial charge on any atom is -0.363 e. The molecule has 0 amide bonds. The molecule has 0 aliphatic carbocycles. The maximum atomic E-state index is 4.68. The van der Waals surface area contributed by atoms with Gasteiger partial charge in [-0.25, -0.2) is 4.98 Å². The molecule has 0 aliphatic rings. The Morgan fingerprint density at radius 1 is 0.833 bits per heavy atom. The van der Waals surface area contributed by atoms with Crippen molar-refractivity contribution in [1.29, 1.82) is 0 Å². The average molecular weight is 318 g/mol. The van der Waals surface area contributed by atoms with E-state index in [1.165, 1.54) is 44.2 Å². The number of aryl methyl sites for hydroxylation is 4. The maximum absolute atomic E-state index is 4.68. The quantitative estimate of drug-likeness (QED) is 0.645. The standard InChI is InChI=1S/C22H26N2/c1-13-8-7-9-19(17(13)5)18(6)24-22-21-11-15(3)14(2)10-20(21)16(4)12-23-22/h7-12,18H,1-6H3,(H,23,24)/t18-/m1/s1. The van der Waals surface area contributed by atoms with Gasteiger partial charge in [0.1, 0.15) is 5.82 Å². The summed E-state index contributed by atoms with van der Waals surface area (Å²) in [6.45, 7) is 13.0. The summed E-state index contributed by atoms with van der Waals surface area (Å²) in [6.07, 6.45) is 1.97. The fourth-order valence-corrected chi connectivity index (χ4v) is 3.28. The van der Waals surface area contributed by atoms with Gasteiger partial charge in [0, 0.05) is 11.6 Å². The van der Waals surface area contributed by atoms with Gasteiger partial charge in [0.2, 0.25) is 0 Å². The normalized spacial score (nSPS) is 12.4. The summed E-state index contributed by atoms with van der Waals surface area (Å²) in [5.41, 5.74) is 7.85. The first-order chi connectivity index (χ1) is 11.4. The van der Waals surface area contributed by atoms with Crippen LogP contribution in [0.1, 0.15) is 46.3 Å². The summed E-state index contributed by atoms with van der Waals surface area (Å²) < 4.78 is 0. The largest absolute Gasteiger partial charge is 0.363 e. The van der Waals surface area contributed by atoms with Crippen LogP contribution in [0.3, 0.4) is 0 Å². The summed E-state index contributed by atoms with van der Waals surface area (Å²) in [5.74, 6) is 0.965. The zero-order chi connectivity index (χ0) is 17.4. The molecule has 0 bridgehead atoms. The van der Waals surface area contributed by atoms with E-state index in [1.807, 2.05) is 6.20 Å². The van der Waals surface area contributed by atoms with E-state index in [0.717, 1.165) is 5.82 Å². The van der Waals surface area contributed by atoms with Gasteiger partial charge in [-0.05, 0) is 86.4 Å². The number of benzene rings is 2. The second kappa shape index (κ2) is 6.27. The van der Waals surface area contributed by atoms with Gasteiger partial charge in [-0.15, -0.1) is 0 Å². The van der Waals surface area contributed by atoms with Gasteiger partial charge in [0.25, 0.3) is 0 Å². The van der Waals surface area contributed by atoms with Gasteiger partial charge in [0.15, 0.2) is 0 Å². The van der Waals surface area contributed by atoms with Crippen molar-refractivity contribution in [3.05, 3.63) is 69.9 Å². The number of aromatic nitrogens is 1. The molecule has 24 heavy (non-hydrogen) atoms. The topological polar surface area (TPSA) is 24.9 Å². The molecule has 0 saturated heterocycles. The Labute approximate surface area is 144 Å². The first kappa shape index (κ1) is 16.5. The van der Waals surface area contributed by atoms with E-state index in [4.69, 9.17) is 0 Å². The SMILES string of the molecule is Cc1cc2c(C)cnc(N[C@H](C)c3cccc(C)c3C)c2cc1C. The second-order valence-electron chi connectivity index (χ2n) is 6.93. The van der Waals surface area contributed by atoms with Crippen LogP contribution in [0.4, 0.5) is 5.82 Å². The number of nitrogens with one attached hydrogen (secondary N) is 1.